The van der Waals surface area contributed by atoms with E-state index in [-0.39, 0.29) is 0 Å². The summed E-state index contributed by atoms with van der Waals surface area (Å²) >= 11 is 0. The fourth-order valence-corrected chi connectivity index (χ4v) is 4.22. The minimum Gasteiger partial charge on any atom is -0.317 e. The highest BCUT2D eigenvalue weighted by molar-refractivity contribution is 4.89. The third-order valence-corrected chi connectivity index (χ3v) is 5.27. The highest BCUT2D eigenvalue weighted by Gasteiger charge is 2.33. The highest BCUT2D eigenvalue weighted by atomic mass is 15.2. The van der Waals surface area contributed by atoms with Crippen LogP contribution in [0.15, 0.2) is 0 Å². The lowest BCUT2D eigenvalue weighted by atomic mass is 9.78. The quantitative estimate of drug-likeness (QED) is 0.827. The molecule has 4 unspecified atom stereocenters. The molecule has 1 aliphatic heterocycles. The Balaban J connectivity index is 1.93. The van der Waals surface area contributed by atoms with Crippen molar-refractivity contribution in [3.05, 3.63) is 0 Å². The van der Waals surface area contributed by atoms with Crippen LogP contribution in [-0.4, -0.2) is 37.1 Å². The van der Waals surface area contributed by atoms with Gasteiger partial charge in [0.25, 0.3) is 0 Å². The molecular formula is C16H32N2. The van der Waals surface area contributed by atoms with Gasteiger partial charge in [-0.2, -0.15) is 0 Å². The van der Waals surface area contributed by atoms with Gasteiger partial charge in [0.1, 0.15) is 0 Å². The molecule has 2 fully saturated rings. The van der Waals surface area contributed by atoms with E-state index in [2.05, 4.69) is 38.0 Å². The van der Waals surface area contributed by atoms with Crippen LogP contribution in [0.4, 0.5) is 0 Å². The van der Waals surface area contributed by atoms with Crippen LogP contribution in [0, 0.1) is 17.8 Å². The first kappa shape index (κ1) is 14.3. The Hall–Kier alpha value is -0.0800. The van der Waals surface area contributed by atoms with Gasteiger partial charge in [0, 0.05) is 18.6 Å². The predicted molar refractivity (Wildman–Crippen MR) is 78.8 cm³/mol. The molecule has 0 radical (unpaired) electrons. The normalized spacial score (nSPS) is 38.5. The summed E-state index contributed by atoms with van der Waals surface area (Å²) in [6, 6.07) is 1.61. The molecule has 2 nitrogen and oxygen atoms in total. The fourth-order valence-electron chi connectivity index (χ4n) is 4.22. The molecule has 1 N–H and O–H groups in total. The van der Waals surface area contributed by atoms with Crippen LogP contribution < -0.4 is 5.32 Å². The van der Waals surface area contributed by atoms with E-state index < -0.39 is 0 Å². The highest BCUT2D eigenvalue weighted by Crippen LogP contribution is 2.32. The monoisotopic (exact) mass is 252 g/mol. The van der Waals surface area contributed by atoms with Crippen LogP contribution in [0.2, 0.25) is 0 Å². The van der Waals surface area contributed by atoms with Crippen molar-refractivity contribution < 1.29 is 0 Å². The van der Waals surface area contributed by atoms with Crippen molar-refractivity contribution >= 4 is 0 Å². The maximum atomic E-state index is 3.57. The first-order valence-corrected chi connectivity index (χ1v) is 8.03. The van der Waals surface area contributed by atoms with Gasteiger partial charge in [-0.1, -0.05) is 20.8 Å². The lowest BCUT2D eigenvalue weighted by molar-refractivity contribution is 0.123. The molecule has 0 bridgehead atoms. The molecule has 4 atom stereocenters. The summed E-state index contributed by atoms with van der Waals surface area (Å²) in [5, 5.41) is 3.57. The third-order valence-electron chi connectivity index (χ3n) is 5.27. The molecule has 0 aromatic heterocycles. The Morgan fingerprint density at radius 3 is 2.67 bits per heavy atom. The number of hydrogen-bond donors (Lipinski definition) is 1. The van der Waals surface area contributed by atoms with E-state index in [1.54, 1.807) is 0 Å². The van der Waals surface area contributed by atoms with Crippen molar-refractivity contribution in [3.63, 3.8) is 0 Å². The third kappa shape index (κ3) is 3.27. The van der Waals surface area contributed by atoms with Crippen molar-refractivity contribution in [1.29, 1.82) is 0 Å². The minimum absolute atomic E-state index is 0.759. The average Bonchev–Trinajstić information content (AvgIpc) is 2.77. The second kappa shape index (κ2) is 6.38. The zero-order valence-electron chi connectivity index (χ0n) is 12.8. The molecule has 0 amide bonds. The SMILES string of the molecule is CNC1CCC(C)CC1CN1CCCC1C(C)C. The van der Waals surface area contributed by atoms with Crippen LogP contribution in [0.3, 0.4) is 0 Å². The summed E-state index contributed by atoms with van der Waals surface area (Å²) in [6.07, 6.45) is 7.05. The van der Waals surface area contributed by atoms with Gasteiger partial charge in [0.15, 0.2) is 0 Å². The van der Waals surface area contributed by atoms with Gasteiger partial charge in [-0.15, -0.1) is 0 Å². The minimum atomic E-state index is 0.759. The lowest BCUT2D eigenvalue weighted by Gasteiger charge is -2.39. The Morgan fingerprint density at radius 1 is 1.22 bits per heavy atom. The molecule has 1 saturated carbocycles. The Bertz CT molecular complexity index is 251. The van der Waals surface area contributed by atoms with E-state index in [9.17, 15) is 0 Å². The number of hydrogen-bond acceptors (Lipinski definition) is 2. The first-order valence-electron chi connectivity index (χ1n) is 8.03. The zero-order valence-corrected chi connectivity index (χ0v) is 12.8. The van der Waals surface area contributed by atoms with Gasteiger partial charge in [-0.25, -0.2) is 0 Å². The Labute approximate surface area is 114 Å². The zero-order chi connectivity index (χ0) is 13.1. The maximum absolute atomic E-state index is 3.57. The van der Waals surface area contributed by atoms with E-state index in [0.29, 0.717) is 0 Å². The van der Waals surface area contributed by atoms with E-state index in [4.69, 9.17) is 0 Å². The Kier molecular flexibility index (Phi) is 5.08. The summed E-state index contributed by atoms with van der Waals surface area (Å²) in [5.74, 6) is 2.62. The topological polar surface area (TPSA) is 15.3 Å². The second-order valence-electron chi connectivity index (χ2n) is 7.02. The van der Waals surface area contributed by atoms with Crippen LogP contribution in [0.5, 0.6) is 0 Å². The van der Waals surface area contributed by atoms with Gasteiger partial charge in [-0.3, -0.25) is 4.90 Å². The molecule has 1 aliphatic carbocycles. The molecule has 1 saturated heterocycles. The maximum Gasteiger partial charge on any atom is 0.0119 e. The largest absolute Gasteiger partial charge is 0.317 e. The summed E-state index contributed by atoms with van der Waals surface area (Å²) in [5.41, 5.74) is 0. The van der Waals surface area contributed by atoms with Gasteiger partial charge >= 0.3 is 0 Å². The van der Waals surface area contributed by atoms with Crippen LogP contribution in [0.1, 0.15) is 52.9 Å². The second-order valence-corrected chi connectivity index (χ2v) is 7.02. The van der Waals surface area contributed by atoms with Gasteiger partial charge < -0.3 is 5.32 Å². The number of rotatable bonds is 4. The van der Waals surface area contributed by atoms with Crippen molar-refractivity contribution in [1.82, 2.24) is 10.2 Å². The van der Waals surface area contributed by atoms with Crippen molar-refractivity contribution in [2.75, 3.05) is 20.1 Å². The smallest absolute Gasteiger partial charge is 0.0119 e. The number of likely N-dealkylation sites (tertiary alicyclic amines) is 1. The summed E-state index contributed by atoms with van der Waals surface area (Å²) in [6.45, 7) is 9.88. The summed E-state index contributed by atoms with van der Waals surface area (Å²) in [4.78, 5) is 2.79. The first-order chi connectivity index (χ1) is 8.61. The molecule has 2 rings (SSSR count). The van der Waals surface area contributed by atoms with Crippen LogP contribution >= 0.6 is 0 Å². The molecule has 0 spiro atoms. The van der Waals surface area contributed by atoms with Crippen molar-refractivity contribution in [2.45, 2.75) is 65.0 Å². The lowest BCUT2D eigenvalue weighted by Crippen LogP contribution is -2.46. The van der Waals surface area contributed by atoms with Crippen LogP contribution in [0.25, 0.3) is 0 Å². The van der Waals surface area contributed by atoms with Crippen LogP contribution in [-0.2, 0) is 0 Å². The number of nitrogens with one attached hydrogen (secondary N) is 1. The average molecular weight is 252 g/mol. The molecule has 2 heteroatoms. The number of nitrogens with zero attached hydrogens (tertiary/aromatic N) is 1. The Morgan fingerprint density at radius 2 is 2.00 bits per heavy atom. The van der Waals surface area contributed by atoms with Crippen molar-refractivity contribution in [3.8, 4) is 0 Å². The summed E-state index contributed by atoms with van der Waals surface area (Å²) < 4.78 is 0. The van der Waals surface area contributed by atoms with Gasteiger partial charge in [-0.05, 0) is 63.5 Å². The fraction of sp³-hybridized carbons (Fsp3) is 1.00. The molecule has 106 valence electrons. The molecule has 2 aliphatic rings. The predicted octanol–water partition coefficient (Wildman–Crippen LogP) is 3.13. The molecule has 1 heterocycles. The van der Waals surface area contributed by atoms with E-state index in [1.165, 1.54) is 45.2 Å². The standard InChI is InChI=1S/C16H32N2/c1-12(2)16-6-5-9-18(16)11-14-10-13(3)7-8-15(14)17-4/h12-17H,5-11H2,1-4H3. The molecule has 0 aromatic rings. The van der Waals surface area contributed by atoms with E-state index in [1.807, 2.05) is 0 Å². The van der Waals surface area contributed by atoms with Gasteiger partial charge in [0.05, 0.1) is 0 Å². The van der Waals surface area contributed by atoms with Crippen molar-refractivity contribution in [2.24, 2.45) is 17.8 Å². The summed E-state index contributed by atoms with van der Waals surface area (Å²) in [7, 11) is 2.15. The molecular weight excluding hydrogens is 220 g/mol. The van der Waals surface area contributed by atoms with Gasteiger partial charge in [0.2, 0.25) is 0 Å². The van der Waals surface area contributed by atoms with E-state index >= 15 is 0 Å². The van der Waals surface area contributed by atoms with E-state index in [0.717, 1.165) is 29.8 Å². The molecule has 18 heavy (non-hydrogen) atoms. The molecule has 0 aromatic carbocycles.